The topological polar surface area (TPSA) is 18.5 Å². The normalized spacial score (nSPS) is 14.8. The van der Waals surface area contributed by atoms with Gasteiger partial charge in [-0.2, -0.15) is 0 Å². The zero-order valence-electron chi connectivity index (χ0n) is 10.3. The fraction of sp³-hybridized carbons (Fsp3) is 1.00. The predicted octanol–water partition coefficient (Wildman–Crippen LogP) is 3.32. The van der Waals surface area contributed by atoms with Crippen LogP contribution >= 0.6 is 0 Å². The Balaban J connectivity index is 4.25. The van der Waals surface area contributed by atoms with Crippen molar-refractivity contribution in [2.75, 3.05) is 0 Å². The SMILES string of the molecule is CC(C)(C)[O][Ge]([CH3])([CH3])[O]C(C)(C)C. The van der Waals surface area contributed by atoms with Gasteiger partial charge in [-0.1, -0.05) is 0 Å². The first-order valence-corrected chi connectivity index (χ1v) is 10.7. The van der Waals surface area contributed by atoms with Gasteiger partial charge in [0.15, 0.2) is 0 Å². The molecule has 0 spiro atoms. The molecular weight excluding hydrogens is 225 g/mol. The van der Waals surface area contributed by atoms with Gasteiger partial charge < -0.3 is 0 Å². The Hall–Kier alpha value is 0.463. The van der Waals surface area contributed by atoms with Crippen LogP contribution in [0.2, 0.25) is 11.5 Å². The van der Waals surface area contributed by atoms with Gasteiger partial charge in [-0.05, 0) is 0 Å². The molecule has 0 aromatic heterocycles. The number of hydrogen-bond donors (Lipinski definition) is 0. The van der Waals surface area contributed by atoms with Crippen LogP contribution in [0, 0.1) is 0 Å². The van der Waals surface area contributed by atoms with Gasteiger partial charge in [-0.25, -0.2) is 0 Å². The van der Waals surface area contributed by atoms with Crippen LogP contribution in [0.25, 0.3) is 0 Å². The Morgan fingerprint density at radius 3 is 1.08 bits per heavy atom. The van der Waals surface area contributed by atoms with Crippen molar-refractivity contribution in [2.24, 2.45) is 0 Å². The van der Waals surface area contributed by atoms with Gasteiger partial charge in [0, 0.05) is 0 Å². The summed E-state index contributed by atoms with van der Waals surface area (Å²) in [6, 6.07) is 0. The van der Waals surface area contributed by atoms with Crippen LogP contribution < -0.4 is 0 Å². The fourth-order valence-corrected chi connectivity index (χ4v) is 7.77. The fourth-order valence-electron chi connectivity index (χ4n) is 1.50. The van der Waals surface area contributed by atoms with Gasteiger partial charge >= 0.3 is 85.7 Å². The van der Waals surface area contributed by atoms with E-state index in [1.54, 1.807) is 0 Å². The van der Waals surface area contributed by atoms with E-state index in [-0.39, 0.29) is 11.2 Å². The van der Waals surface area contributed by atoms with Crippen molar-refractivity contribution in [3.63, 3.8) is 0 Å². The molecular formula is C10H24GeO2. The van der Waals surface area contributed by atoms with Gasteiger partial charge in [-0.3, -0.25) is 0 Å². The average molecular weight is 249 g/mol. The summed E-state index contributed by atoms with van der Waals surface area (Å²) in [5.74, 6) is 4.27. The second-order valence-corrected chi connectivity index (χ2v) is 12.6. The van der Waals surface area contributed by atoms with E-state index >= 15 is 0 Å². The summed E-state index contributed by atoms with van der Waals surface area (Å²) >= 11 is -2.48. The van der Waals surface area contributed by atoms with Crippen LogP contribution in [-0.2, 0) is 7.53 Å². The Bertz CT molecular complexity index is 145. The predicted molar refractivity (Wildman–Crippen MR) is 59.2 cm³/mol. The summed E-state index contributed by atoms with van der Waals surface area (Å²) in [5.41, 5.74) is -0.177. The third-order valence-electron chi connectivity index (χ3n) is 1.10. The summed E-state index contributed by atoms with van der Waals surface area (Å²) in [4.78, 5) is 0. The molecule has 0 aliphatic heterocycles. The third-order valence-corrected chi connectivity index (χ3v) is 5.74. The Morgan fingerprint density at radius 2 is 0.923 bits per heavy atom. The first-order valence-electron chi connectivity index (χ1n) is 4.82. The first-order chi connectivity index (χ1) is 5.41. The molecule has 0 N–H and O–H groups in total. The zero-order valence-corrected chi connectivity index (χ0v) is 12.4. The first kappa shape index (κ1) is 13.5. The van der Waals surface area contributed by atoms with Gasteiger partial charge in [0.1, 0.15) is 0 Å². The van der Waals surface area contributed by atoms with Gasteiger partial charge in [0.05, 0.1) is 0 Å². The molecule has 0 amide bonds. The monoisotopic (exact) mass is 250 g/mol. The molecule has 0 aliphatic carbocycles. The van der Waals surface area contributed by atoms with Gasteiger partial charge in [0.2, 0.25) is 0 Å². The van der Waals surface area contributed by atoms with E-state index in [4.69, 9.17) is 7.53 Å². The Labute approximate surface area is 86.0 Å². The molecule has 0 radical (unpaired) electrons. The van der Waals surface area contributed by atoms with Gasteiger partial charge in [-0.15, -0.1) is 0 Å². The third kappa shape index (κ3) is 8.78. The van der Waals surface area contributed by atoms with Crippen molar-refractivity contribution in [3.05, 3.63) is 0 Å². The van der Waals surface area contributed by atoms with Crippen LogP contribution in [0.1, 0.15) is 41.5 Å². The molecule has 80 valence electrons. The molecule has 0 heterocycles. The Kier molecular flexibility index (Phi) is 4.05. The molecule has 0 fully saturated rings. The van der Waals surface area contributed by atoms with Crippen LogP contribution in [0.3, 0.4) is 0 Å². The summed E-state index contributed by atoms with van der Waals surface area (Å²) in [6.07, 6.45) is 0. The van der Waals surface area contributed by atoms with E-state index in [9.17, 15) is 0 Å². The van der Waals surface area contributed by atoms with E-state index in [1.165, 1.54) is 0 Å². The zero-order chi connectivity index (χ0) is 10.9. The minimum atomic E-state index is -2.48. The second-order valence-electron chi connectivity index (χ2n) is 5.83. The maximum absolute atomic E-state index is 5.97. The molecule has 0 unspecified atom stereocenters. The summed E-state index contributed by atoms with van der Waals surface area (Å²) in [6.45, 7) is 12.5. The van der Waals surface area contributed by atoms with Crippen molar-refractivity contribution in [3.8, 4) is 0 Å². The molecule has 0 saturated carbocycles. The van der Waals surface area contributed by atoms with Crippen molar-refractivity contribution < 1.29 is 7.53 Å². The molecule has 3 heteroatoms. The molecule has 0 saturated heterocycles. The standard InChI is InChI=1S/C10H24GeO2/c1-9(2,3)12-11(7,8)13-10(4,5)6/h1-8H3. The molecule has 13 heavy (non-hydrogen) atoms. The molecule has 2 nitrogen and oxygen atoms in total. The van der Waals surface area contributed by atoms with Crippen LogP contribution in [0.4, 0.5) is 0 Å². The van der Waals surface area contributed by atoms with Crippen LogP contribution in [0.5, 0.6) is 0 Å². The summed E-state index contributed by atoms with van der Waals surface area (Å²) < 4.78 is 11.9. The van der Waals surface area contributed by atoms with Crippen LogP contribution in [-0.4, -0.2) is 25.1 Å². The van der Waals surface area contributed by atoms with E-state index in [0.29, 0.717) is 0 Å². The van der Waals surface area contributed by atoms with E-state index in [1.807, 2.05) is 0 Å². The van der Waals surface area contributed by atoms with Gasteiger partial charge in [0.25, 0.3) is 0 Å². The van der Waals surface area contributed by atoms with E-state index in [0.717, 1.165) is 0 Å². The molecule has 0 atom stereocenters. The Morgan fingerprint density at radius 1 is 0.692 bits per heavy atom. The van der Waals surface area contributed by atoms with Crippen LogP contribution in [0.15, 0.2) is 0 Å². The molecule has 0 aliphatic rings. The van der Waals surface area contributed by atoms with Crippen molar-refractivity contribution in [1.82, 2.24) is 0 Å². The molecule has 0 rings (SSSR count). The average Bonchev–Trinajstić information content (AvgIpc) is 1.43. The van der Waals surface area contributed by atoms with Crippen molar-refractivity contribution >= 4 is 13.9 Å². The second kappa shape index (κ2) is 3.91. The molecule has 0 bridgehead atoms. The number of rotatable bonds is 2. The number of hydrogen-bond acceptors (Lipinski definition) is 2. The van der Waals surface area contributed by atoms with E-state index in [2.05, 4.69) is 53.1 Å². The maximum atomic E-state index is 5.97. The van der Waals surface area contributed by atoms with E-state index < -0.39 is 13.9 Å². The van der Waals surface area contributed by atoms with Crippen molar-refractivity contribution in [1.29, 1.82) is 0 Å². The van der Waals surface area contributed by atoms with Crippen molar-refractivity contribution in [2.45, 2.75) is 64.3 Å². The summed E-state index contributed by atoms with van der Waals surface area (Å²) in [7, 11) is 0. The molecule has 0 aromatic rings. The summed E-state index contributed by atoms with van der Waals surface area (Å²) in [5, 5.41) is 0. The minimum absolute atomic E-state index is 0.0885. The quantitative estimate of drug-likeness (QED) is 0.698. The molecule has 0 aromatic carbocycles.